The average molecular weight is 267 g/mol. The highest BCUT2D eigenvalue weighted by Gasteiger charge is 2.39. The Kier molecular flexibility index (Phi) is 3.25. The van der Waals surface area contributed by atoms with E-state index in [1.54, 1.807) is 18.2 Å². The minimum Gasteiger partial charge on any atom is -0.507 e. The maximum Gasteiger partial charge on any atom is 0.454 e. The van der Waals surface area contributed by atoms with Gasteiger partial charge in [0.2, 0.25) is 0 Å². The van der Waals surface area contributed by atoms with Crippen LogP contribution in [-0.2, 0) is 0 Å². The van der Waals surface area contributed by atoms with Gasteiger partial charge in [-0.15, -0.1) is 0 Å². The molecule has 2 rings (SSSR count). The van der Waals surface area contributed by atoms with Gasteiger partial charge in [-0.05, 0) is 24.3 Å². The number of carbonyl (C=O) groups excluding carboxylic acids is 1. The number of aromatic nitrogens is 1. The van der Waals surface area contributed by atoms with Crippen molar-refractivity contribution >= 4 is 5.78 Å². The van der Waals surface area contributed by atoms with Gasteiger partial charge in [0.1, 0.15) is 5.75 Å². The van der Waals surface area contributed by atoms with Crippen LogP contribution in [0.25, 0.3) is 11.3 Å². The van der Waals surface area contributed by atoms with E-state index in [2.05, 4.69) is 4.98 Å². The van der Waals surface area contributed by atoms with Gasteiger partial charge in [0.25, 0.3) is 5.78 Å². The monoisotopic (exact) mass is 267 g/mol. The fourth-order valence-electron chi connectivity index (χ4n) is 1.58. The Morgan fingerprint density at radius 2 is 1.89 bits per heavy atom. The standard InChI is InChI=1S/C13H8F3NO2/c14-13(15,16)12(19)8-4-5-9(11(18)7-8)10-3-1-2-6-17-10/h1-7,18H. The molecule has 19 heavy (non-hydrogen) atoms. The van der Waals surface area contributed by atoms with Crippen molar-refractivity contribution in [2.24, 2.45) is 0 Å². The van der Waals surface area contributed by atoms with Crippen LogP contribution in [0.2, 0.25) is 0 Å². The Morgan fingerprint density at radius 1 is 1.16 bits per heavy atom. The fourth-order valence-corrected chi connectivity index (χ4v) is 1.58. The second-order valence-electron chi connectivity index (χ2n) is 3.77. The highest BCUT2D eigenvalue weighted by molar-refractivity contribution is 6.01. The van der Waals surface area contributed by atoms with E-state index in [1.165, 1.54) is 12.3 Å². The third kappa shape index (κ3) is 2.73. The number of nitrogens with zero attached hydrogens (tertiary/aromatic N) is 1. The second kappa shape index (κ2) is 4.72. The molecule has 0 fully saturated rings. The molecule has 0 aliphatic carbocycles. The smallest absolute Gasteiger partial charge is 0.454 e. The molecule has 3 nitrogen and oxygen atoms in total. The molecule has 2 aromatic rings. The molecule has 0 atom stereocenters. The van der Waals surface area contributed by atoms with Crippen LogP contribution in [0.3, 0.4) is 0 Å². The molecule has 0 unspecified atom stereocenters. The Bertz CT molecular complexity index is 609. The highest BCUT2D eigenvalue weighted by atomic mass is 19.4. The van der Waals surface area contributed by atoms with Gasteiger partial charge in [0.05, 0.1) is 5.69 Å². The molecule has 1 aromatic carbocycles. The topological polar surface area (TPSA) is 50.2 Å². The van der Waals surface area contributed by atoms with E-state index in [0.717, 1.165) is 12.1 Å². The van der Waals surface area contributed by atoms with Gasteiger partial charge >= 0.3 is 6.18 Å². The molecule has 0 amide bonds. The molecule has 1 heterocycles. The van der Waals surface area contributed by atoms with Crippen LogP contribution in [0.1, 0.15) is 10.4 Å². The summed E-state index contributed by atoms with van der Waals surface area (Å²) in [6.45, 7) is 0. The van der Waals surface area contributed by atoms with Crippen molar-refractivity contribution in [3.05, 3.63) is 48.2 Å². The molecule has 1 aromatic heterocycles. The van der Waals surface area contributed by atoms with Crippen LogP contribution < -0.4 is 0 Å². The molecule has 0 spiro atoms. The third-order valence-electron chi connectivity index (χ3n) is 2.46. The summed E-state index contributed by atoms with van der Waals surface area (Å²) >= 11 is 0. The molecule has 0 bridgehead atoms. The highest BCUT2D eigenvalue weighted by Crippen LogP contribution is 2.30. The summed E-state index contributed by atoms with van der Waals surface area (Å²) in [6.07, 6.45) is -3.47. The van der Waals surface area contributed by atoms with E-state index in [-0.39, 0.29) is 5.56 Å². The van der Waals surface area contributed by atoms with E-state index in [4.69, 9.17) is 0 Å². The molecule has 0 saturated heterocycles. The maximum absolute atomic E-state index is 12.2. The van der Waals surface area contributed by atoms with Crippen molar-refractivity contribution in [1.82, 2.24) is 4.98 Å². The van der Waals surface area contributed by atoms with E-state index in [0.29, 0.717) is 5.69 Å². The third-order valence-corrected chi connectivity index (χ3v) is 2.46. The summed E-state index contributed by atoms with van der Waals surface area (Å²) in [5.74, 6) is -2.41. The first kappa shape index (κ1) is 13.1. The zero-order chi connectivity index (χ0) is 14.0. The molecular formula is C13H8F3NO2. The number of rotatable bonds is 2. The normalized spacial score (nSPS) is 11.3. The van der Waals surface area contributed by atoms with Crippen LogP contribution in [0.5, 0.6) is 5.75 Å². The van der Waals surface area contributed by atoms with Gasteiger partial charge in [0.15, 0.2) is 0 Å². The largest absolute Gasteiger partial charge is 0.507 e. The maximum atomic E-state index is 12.2. The lowest BCUT2D eigenvalue weighted by molar-refractivity contribution is -0.0885. The second-order valence-corrected chi connectivity index (χ2v) is 3.77. The molecule has 0 aliphatic heterocycles. The molecule has 0 radical (unpaired) electrons. The number of Topliss-reactive ketones (excluding diaryl/α,β-unsaturated/α-hetero) is 1. The van der Waals surface area contributed by atoms with E-state index < -0.39 is 23.3 Å². The van der Waals surface area contributed by atoms with Gasteiger partial charge in [-0.3, -0.25) is 9.78 Å². The van der Waals surface area contributed by atoms with Crippen molar-refractivity contribution < 1.29 is 23.1 Å². The number of phenolic OH excluding ortho intramolecular Hbond substituents is 1. The number of pyridine rings is 1. The summed E-state index contributed by atoms with van der Waals surface area (Å²) in [5, 5.41) is 9.70. The minimum atomic E-state index is -4.96. The SMILES string of the molecule is O=C(c1ccc(-c2ccccn2)c(O)c1)C(F)(F)F. The Hall–Kier alpha value is -2.37. The predicted molar refractivity (Wildman–Crippen MR) is 61.7 cm³/mol. The molecule has 6 heteroatoms. The first-order chi connectivity index (χ1) is 8.89. The molecule has 98 valence electrons. The molecule has 0 saturated carbocycles. The van der Waals surface area contributed by atoms with Gasteiger partial charge < -0.3 is 5.11 Å². The molecule has 1 N–H and O–H groups in total. The Labute approximate surface area is 106 Å². The number of aromatic hydroxyl groups is 1. The summed E-state index contributed by atoms with van der Waals surface area (Å²) < 4.78 is 36.7. The number of hydrogen-bond donors (Lipinski definition) is 1. The minimum absolute atomic E-state index is 0.263. The molecule has 0 aliphatic rings. The number of carbonyl (C=O) groups is 1. The lowest BCUT2D eigenvalue weighted by Gasteiger charge is -2.08. The first-order valence-corrected chi connectivity index (χ1v) is 5.25. The number of benzene rings is 1. The molecular weight excluding hydrogens is 259 g/mol. The number of phenols is 1. The summed E-state index contributed by atoms with van der Waals surface area (Å²) in [7, 11) is 0. The van der Waals surface area contributed by atoms with Crippen molar-refractivity contribution in [3.8, 4) is 17.0 Å². The number of halogens is 3. The van der Waals surface area contributed by atoms with Crippen molar-refractivity contribution in [3.63, 3.8) is 0 Å². The van der Waals surface area contributed by atoms with Crippen LogP contribution >= 0.6 is 0 Å². The van der Waals surface area contributed by atoms with Crippen molar-refractivity contribution in [2.75, 3.05) is 0 Å². The number of hydrogen-bond acceptors (Lipinski definition) is 3. The van der Waals surface area contributed by atoms with Gasteiger partial charge in [-0.2, -0.15) is 13.2 Å². The van der Waals surface area contributed by atoms with Gasteiger partial charge in [-0.1, -0.05) is 12.1 Å². The zero-order valence-corrected chi connectivity index (χ0v) is 9.48. The Morgan fingerprint density at radius 3 is 2.42 bits per heavy atom. The van der Waals surface area contributed by atoms with Crippen LogP contribution in [0, 0.1) is 0 Å². The van der Waals surface area contributed by atoms with Crippen molar-refractivity contribution in [1.29, 1.82) is 0 Å². The van der Waals surface area contributed by atoms with Gasteiger partial charge in [-0.25, -0.2) is 0 Å². The van der Waals surface area contributed by atoms with E-state index in [1.807, 2.05) is 0 Å². The van der Waals surface area contributed by atoms with E-state index >= 15 is 0 Å². The lowest BCUT2D eigenvalue weighted by Crippen LogP contribution is -2.22. The van der Waals surface area contributed by atoms with Gasteiger partial charge in [0, 0.05) is 17.3 Å². The number of alkyl halides is 3. The van der Waals surface area contributed by atoms with E-state index in [9.17, 15) is 23.1 Å². The summed E-state index contributed by atoms with van der Waals surface area (Å²) in [6, 6.07) is 7.98. The first-order valence-electron chi connectivity index (χ1n) is 5.25. The lowest BCUT2D eigenvalue weighted by atomic mass is 10.0. The zero-order valence-electron chi connectivity index (χ0n) is 9.48. The average Bonchev–Trinajstić information content (AvgIpc) is 2.37. The van der Waals surface area contributed by atoms with Crippen LogP contribution in [-0.4, -0.2) is 22.1 Å². The predicted octanol–water partition coefficient (Wildman–Crippen LogP) is 3.20. The Balaban J connectivity index is 2.41. The fraction of sp³-hybridized carbons (Fsp3) is 0.0769. The summed E-state index contributed by atoms with van der Waals surface area (Å²) in [4.78, 5) is 15.0. The summed E-state index contributed by atoms with van der Waals surface area (Å²) in [5.41, 5.74) is 0.0648. The number of ketones is 1. The quantitative estimate of drug-likeness (QED) is 0.850. The van der Waals surface area contributed by atoms with Crippen LogP contribution in [0.4, 0.5) is 13.2 Å². The van der Waals surface area contributed by atoms with Crippen LogP contribution in [0.15, 0.2) is 42.6 Å². The van der Waals surface area contributed by atoms with Crippen molar-refractivity contribution in [2.45, 2.75) is 6.18 Å².